The maximum Gasteiger partial charge on any atom is 0.123 e. The summed E-state index contributed by atoms with van der Waals surface area (Å²) in [5.41, 5.74) is 10.4. The fraction of sp³-hybridized carbons (Fsp3) is 0.267. The molecule has 1 aromatic heterocycles. The van der Waals surface area contributed by atoms with Gasteiger partial charge in [-0.1, -0.05) is 17.7 Å². The minimum absolute atomic E-state index is 0.174. The molecular weight excluding hydrogens is 224 g/mol. The molecule has 3 heteroatoms. The van der Waals surface area contributed by atoms with E-state index in [1.807, 2.05) is 12.3 Å². The Bertz CT molecular complexity index is 580. The molecule has 2 heterocycles. The van der Waals surface area contributed by atoms with Crippen LogP contribution in [0.25, 0.3) is 0 Å². The number of benzene rings is 1. The number of nitrogens with zero attached hydrogens (tertiary/aromatic N) is 1. The average molecular weight is 240 g/mol. The molecular formula is C15H16N2O. The van der Waals surface area contributed by atoms with Crippen molar-refractivity contribution < 1.29 is 4.74 Å². The second kappa shape index (κ2) is 4.33. The molecule has 92 valence electrons. The summed E-state index contributed by atoms with van der Waals surface area (Å²) in [7, 11) is 0. The maximum atomic E-state index is 5.94. The zero-order valence-electron chi connectivity index (χ0n) is 10.4. The van der Waals surface area contributed by atoms with E-state index in [4.69, 9.17) is 10.5 Å². The van der Waals surface area contributed by atoms with Crippen molar-refractivity contribution in [2.75, 3.05) is 5.73 Å². The fourth-order valence-corrected chi connectivity index (χ4v) is 2.42. The highest BCUT2D eigenvalue weighted by atomic mass is 16.5. The predicted octanol–water partition coefficient (Wildman–Crippen LogP) is 2.52. The molecule has 3 nitrogen and oxygen atoms in total. The summed E-state index contributed by atoms with van der Waals surface area (Å²) in [6, 6.07) is 8.17. The molecule has 0 bridgehead atoms. The summed E-state index contributed by atoms with van der Waals surface area (Å²) in [6.07, 6.45) is 5.48. The zero-order chi connectivity index (χ0) is 12.5. The molecule has 0 saturated carbocycles. The summed E-state index contributed by atoms with van der Waals surface area (Å²) in [6.45, 7) is 2.10. The number of nitrogen functional groups attached to an aromatic ring is 1. The number of hydrogen-bond acceptors (Lipinski definition) is 3. The Morgan fingerprint density at radius 3 is 3.11 bits per heavy atom. The molecule has 0 amide bonds. The molecule has 3 rings (SSSR count). The van der Waals surface area contributed by atoms with E-state index in [1.54, 1.807) is 6.20 Å². The molecule has 0 aliphatic carbocycles. The van der Waals surface area contributed by atoms with Crippen LogP contribution in [0.3, 0.4) is 0 Å². The minimum atomic E-state index is 0.174. The van der Waals surface area contributed by atoms with Gasteiger partial charge in [-0.15, -0.1) is 0 Å². The fourth-order valence-electron chi connectivity index (χ4n) is 2.42. The van der Waals surface area contributed by atoms with Crippen molar-refractivity contribution in [1.29, 1.82) is 0 Å². The van der Waals surface area contributed by atoms with Gasteiger partial charge in [0.1, 0.15) is 11.9 Å². The lowest BCUT2D eigenvalue weighted by atomic mass is 10.0. The van der Waals surface area contributed by atoms with Crippen molar-refractivity contribution in [3.8, 4) is 5.75 Å². The second-order valence-corrected chi connectivity index (χ2v) is 4.83. The lowest BCUT2D eigenvalue weighted by Gasteiger charge is -2.11. The van der Waals surface area contributed by atoms with Gasteiger partial charge in [0.2, 0.25) is 0 Å². The number of rotatable bonds is 2. The number of anilines is 1. The van der Waals surface area contributed by atoms with Crippen molar-refractivity contribution in [3.05, 3.63) is 53.3 Å². The highest BCUT2D eigenvalue weighted by Crippen LogP contribution is 2.31. The first-order valence-electron chi connectivity index (χ1n) is 6.17. The molecule has 1 aliphatic heterocycles. The van der Waals surface area contributed by atoms with Crippen LogP contribution in [0.4, 0.5) is 5.69 Å². The van der Waals surface area contributed by atoms with E-state index in [-0.39, 0.29) is 6.10 Å². The number of hydrogen-bond donors (Lipinski definition) is 1. The van der Waals surface area contributed by atoms with E-state index < -0.39 is 0 Å². The first kappa shape index (κ1) is 11.1. The quantitative estimate of drug-likeness (QED) is 0.877. The molecule has 18 heavy (non-hydrogen) atoms. The van der Waals surface area contributed by atoms with Gasteiger partial charge >= 0.3 is 0 Å². The maximum absolute atomic E-state index is 5.94. The van der Waals surface area contributed by atoms with Crippen LogP contribution < -0.4 is 10.5 Å². The van der Waals surface area contributed by atoms with Gasteiger partial charge in [0, 0.05) is 30.9 Å². The zero-order valence-corrected chi connectivity index (χ0v) is 10.4. The Hall–Kier alpha value is -2.03. The van der Waals surface area contributed by atoms with Gasteiger partial charge in [-0.3, -0.25) is 4.98 Å². The second-order valence-electron chi connectivity index (χ2n) is 4.83. The van der Waals surface area contributed by atoms with Gasteiger partial charge < -0.3 is 10.5 Å². The van der Waals surface area contributed by atoms with Gasteiger partial charge in [-0.25, -0.2) is 0 Å². The highest BCUT2D eigenvalue weighted by Gasteiger charge is 2.23. The smallest absolute Gasteiger partial charge is 0.123 e. The number of aryl methyl sites for hydroxylation is 1. The minimum Gasteiger partial charge on any atom is -0.489 e. The van der Waals surface area contributed by atoms with Crippen molar-refractivity contribution in [2.24, 2.45) is 0 Å². The van der Waals surface area contributed by atoms with Gasteiger partial charge in [0.25, 0.3) is 0 Å². The van der Waals surface area contributed by atoms with Crippen molar-refractivity contribution in [3.63, 3.8) is 0 Å². The largest absolute Gasteiger partial charge is 0.489 e. The van der Waals surface area contributed by atoms with Crippen molar-refractivity contribution in [2.45, 2.75) is 25.9 Å². The molecule has 0 spiro atoms. The predicted molar refractivity (Wildman–Crippen MR) is 71.7 cm³/mol. The van der Waals surface area contributed by atoms with Gasteiger partial charge in [-0.05, 0) is 30.2 Å². The molecule has 2 aromatic rings. The topological polar surface area (TPSA) is 48.1 Å². The Labute approximate surface area is 107 Å². The molecule has 1 unspecified atom stereocenters. The van der Waals surface area contributed by atoms with E-state index in [0.29, 0.717) is 0 Å². The van der Waals surface area contributed by atoms with Crippen LogP contribution in [0, 0.1) is 6.92 Å². The molecule has 0 fully saturated rings. The summed E-state index contributed by atoms with van der Waals surface area (Å²) in [4.78, 5) is 4.12. The number of aromatic nitrogens is 1. The van der Waals surface area contributed by atoms with E-state index >= 15 is 0 Å². The van der Waals surface area contributed by atoms with Gasteiger partial charge in [0.15, 0.2) is 0 Å². The molecule has 1 aromatic carbocycles. The number of ether oxygens (including phenoxy) is 1. The monoisotopic (exact) mass is 240 g/mol. The van der Waals surface area contributed by atoms with E-state index in [9.17, 15) is 0 Å². The van der Waals surface area contributed by atoms with E-state index in [0.717, 1.165) is 29.8 Å². The number of pyridine rings is 1. The molecule has 1 atom stereocenters. The van der Waals surface area contributed by atoms with E-state index in [2.05, 4.69) is 30.1 Å². The summed E-state index contributed by atoms with van der Waals surface area (Å²) in [5.74, 6) is 1.01. The van der Waals surface area contributed by atoms with Crippen molar-refractivity contribution in [1.82, 2.24) is 4.98 Å². The lowest BCUT2D eigenvalue weighted by Crippen LogP contribution is -2.17. The van der Waals surface area contributed by atoms with Crippen molar-refractivity contribution >= 4 is 5.69 Å². The van der Waals surface area contributed by atoms with Gasteiger partial charge in [0.05, 0.1) is 0 Å². The molecule has 0 radical (unpaired) electrons. The summed E-state index contributed by atoms with van der Waals surface area (Å²) in [5, 5.41) is 0. The molecule has 2 N–H and O–H groups in total. The molecule has 1 aliphatic rings. The third-order valence-electron chi connectivity index (χ3n) is 3.35. The van der Waals surface area contributed by atoms with Crippen LogP contribution in [-0.4, -0.2) is 11.1 Å². The van der Waals surface area contributed by atoms with Gasteiger partial charge in [-0.2, -0.15) is 0 Å². The third kappa shape index (κ3) is 2.04. The molecule has 0 saturated heterocycles. The Kier molecular flexibility index (Phi) is 2.67. The first-order valence-corrected chi connectivity index (χ1v) is 6.17. The Morgan fingerprint density at radius 1 is 1.39 bits per heavy atom. The lowest BCUT2D eigenvalue weighted by molar-refractivity contribution is 0.233. The summed E-state index contributed by atoms with van der Waals surface area (Å²) < 4.78 is 5.94. The van der Waals surface area contributed by atoms with Crippen LogP contribution in [0.15, 0.2) is 36.7 Å². The summed E-state index contributed by atoms with van der Waals surface area (Å²) >= 11 is 0. The number of nitrogens with two attached hydrogens (primary N) is 1. The normalized spacial score (nSPS) is 17.3. The average Bonchev–Trinajstić information content (AvgIpc) is 2.73. The Morgan fingerprint density at radius 2 is 2.28 bits per heavy atom. The number of fused-ring (bicyclic) bond motifs is 1. The van der Waals surface area contributed by atoms with Crippen LogP contribution in [0.1, 0.15) is 16.7 Å². The van der Waals surface area contributed by atoms with Crippen LogP contribution in [0.5, 0.6) is 5.75 Å². The highest BCUT2D eigenvalue weighted by molar-refractivity contribution is 5.46. The SMILES string of the molecule is Cc1ccc2c(c1)CC(Cc1cnccc1N)O2. The first-order chi connectivity index (χ1) is 8.72. The van der Waals surface area contributed by atoms with Crippen LogP contribution >= 0.6 is 0 Å². The standard InChI is InChI=1S/C15H16N2O/c1-10-2-3-15-11(6-10)7-13(18-15)8-12-9-17-5-4-14(12)16/h2-6,9,13H,7-8H2,1H3,(H2,16,17). The van der Waals surface area contributed by atoms with Crippen LogP contribution in [-0.2, 0) is 12.8 Å². The third-order valence-corrected chi connectivity index (χ3v) is 3.35. The Balaban J connectivity index is 1.77. The van der Waals surface area contributed by atoms with E-state index in [1.165, 1.54) is 11.1 Å². The van der Waals surface area contributed by atoms with Crippen LogP contribution in [0.2, 0.25) is 0 Å².